The number of carbonyl (C=O) groups excluding carboxylic acids is 2. The van der Waals surface area contributed by atoms with Crippen LogP contribution in [0.4, 0.5) is 0 Å². The van der Waals surface area contributed by atoms with Crippen molar-refractivity contribution in [3.8, 4) is 0 Å². The Bertz CT molecular complexity index is 937. The molecule has 0 amide bonds. The lowest BCUT2D eigenvalue weighted by molar-refractivity contribution is 0.0592. The van der Waals surface area contributed by atoms with E-state index in [9.17, 15) is 9.59 Å². The lowest BCUT2D eigenvalue weighted by Crippen LogP contribution is -1.99. The lowest BCUT2D eigenvalue weighted by Gasteiger charge is -1.95. The average molecular weight is 402 g/mol. The maximum atomic E-state index is 10.8. The van der Waals surface area contributed by atoms with Gasteiger partial charge >= 0.3 is 11.9 Å². The second kappa shape index (κ2) is 12.4. The van der Waals surface area contributed by atoms with Gasteiger partial charge in [-0.1, -0.05) is 48.5 Å². The third kappa shape index (κ3) is 7.16. The van der Waals surface area contributed by atoms with Crippen LogP contribution in [0.2, 0.25) is 0 Å². The number of esters is 2. The first-order valence-electron chi connectivity index (χ1n) is 9.08. The van der Waals surface area contributed by atoms with Gasteiger partial charge in [-0.2, -0.15) is 0 Å². The molecule has 0 atom stereocenters. The third-order valence-electron chi connectivity index (χ3n) is 3.77. The second-order valence-electron chi connectivity index (χ2n) is 5.76. The molecule has 3 aromatic carbocycles. The molecule has 0 fully saturated rings. The number of rotatable bonds is 2. The van der Waals surface area contributed by atoms with Crippen molar-refractivity contribution in [1.29, 1.82) is 0 Å². The summed E-state index contributed by atoms with van der Waals surface area (Å²) in [5, 5.41) is 0. The molecular weight excluding hydrogens is 380 g/mol. The molecule has 0 unspecified atom stereocenters. The Morgan fingerprint density at radius 2 is 0.900 bits per heavy atom. The highest BCUT2D eigenvalue weighted by Crippen LogP contribution is 2.04. The Morgan fingerprint density at radius 1 is 0.567 bits per heavy atom. The smallest absolute Gasteiger partial charge is 0.337 e. The fourth-order valence-corrected chi connectivity index (χ4v) is 2.29. The Kier molecular flexibility index (Phi) is 9.20. The summed E-state index contributed by atoms with van der Waals surface area (Å²) in [5.74, 6) is -0.582. The quantitative estimate of drug-likeness (QED) is 0.457. The van der Waals surface area contributed by atoms with E-state index in [1.165, 1.54) is 14.2 Å². The first kappa shape index (κ1) is 22.2. The maximum absolute atomic E-state index is 10.8. The first-order chi connectivity index (χ1) is 14.7. The van der Waals surface area contributed by atoms with Crippen molar-refractivity contribution < 1.29 is 19.1 Å². The monoisotopic (exact) mass is 402 g/mol. The summed E-state index contributed by atoms with van der Waals surface area (Å²) in [7, 11) is 2.74. The van der Waals surface area contributed by atoms with E-state index in [0.29, 0.717) is 11.1 Å². The van der Waals surface area contributed by atoms with Crippen LogP contribution < -0.4 is 0 Å². The Morgan fingerprint density at radius 3 is 1.23 bits per heavy atom. The van der Waals surface area contributed by atoms with Crippen molar-refractivity contribution in [1.82, 2.24) is 9.97 Å². The van der Waals surface area contributed by atoms with Gasteiger partial charge in [0, 0.05) is 12.4 Å². The molecule has 152 valence electrons. The maximum Gasteiger partial charge on any atom is 0.337 e. The number of hydrogen-bond acceptors (Lipinski definition) is 6. The van der Waals surface area contributed by atoms with Gasteiger partial charge in [-0.25, -0.2) is 9.59 Å². The van der Waals surface area contributed by atoms with Gasteiger partial charge < -0.3 is 9.47 Å². The molecule has 6 heteroatoms. The first-order valence-corrected chi connectivity index (χ1v) is 9.08. The van der Waals surface area contributed by atoms with Crippen LogP contribution in [-0.4, -0.2) is 36.1 Å². The highest BCUT2D eigenvalue weighted by Gasteiger charge is 2.01. The van der Waals surface area contributed by atoms with E-state index in [4.69, 9.17) is 0 Å². The number of ether oxygens (including phenoxy) is 2. The van der Waals surface area contributed by atoms with E-state index in [1.807, 2.05) is 36.4 Å². The minimum absolute atomic E-state index is 0.291. The van der Waals surface area contributed by atoms with Crippen LogP contribution in [0.1, 0.15) is 20.7 Å². The number of aromatic nitrogens is 2. The summed E-state index contributed by atoms with van der Waals surface area (Å²) in [5.41, 5.74) is 3.07. The predicted octanol–water partition coefficient (Wildman–Crippen LogP) is 4.58. The number of benzene rings is 3. The highest BCUT2D eigenvalue weighted by atomic mass is 16.5. The second-order valence-corrected chi connectivity index (χ2v) is 5.76. The zero-order valence-electron chi connectivity index (χ0n) is 16.8. The van der Waals surface area contributed by atoms with Gasteiger partial charge in [0.2, 0.25) is 0 Å². The molecule has 0 saturated carbocycles. The Labute approximate surface area is 175 Å². The standard InChI is InChI=1S/C8H6N2.2C8H8O2/c1-2-4-8-7(3-1)9-5-6-10-8;2*1-10-8(9)7-5-3-2-4-6-7/h1-6H;2*2-6H,1H3. The molecule has 0 aliphatic rings. The fraction of sp³-hybridized carbons (Fsp3) is 0.0833. The van der Waals surface area contributed by atoms with E-state index < -0.39 is 0 Å². The molecular formula is C24H22N2O4. The van der Waals surface area contributed by atoms with Crippen LogP contribution in [0, 0.1) is 0 Å². The van der Waals surface area contributed by atoms with Crippen molar-refractivity contribution in [2.45, 2.75) is 0 Å². The SMILES string of the molecule is COC(=O)c1ccccc1.COC(=O)c1ccccc1.c1ccc2nccnc2c1. The van der Waals surface area contributed by atoms with Crippen LogP contribution >= 0.6 is 0 Å². The normalized spacial score (nSPS) is 9.27. The minimum Gasteiger partial charge on any atom is -0.465 e. The van der Waals surface area contributed by atoms with Gasteiger partial charge in [0.05, 0.1) is 36.4 Å². The van der Waals surface area contributed by atoms with E-state index >= 15 is 0 Å². The summed E-state index contributed by atoms with van der Waals surface area (Å²) in [6, 6.07) is 25.6. The lowest BCUT2D eigenvalue weighted by atomic mass is 10.2. The highest BCUT2D eigenvalue weighted by molar-refractivity contribution is 5.89. The summed E-state index contributed by atoms with van der Waals surface area (Å²) in [4.78, 5) is 29.8. The van der Waals surface area contributed by atoms with E-state index in [2.05, 4.69) is 19.4 Å². The van der Waals surface area contributed by atoms with Gasteiger partial charge in [0.25, 0.3) is 0 Å². The topological polar surface area (TPSA) is 78.4 Å². The number of methoxy groups -OCH3 is 2. The summed E-state index contributed by atoms with van der Waals surface area (Å²) >= 11 is 0. The largest absolute Gasteiger partial charge is 0.465 e. The third-order valence-corrected chi connectivity index (χ3v) is 3.77. The van der Waals surface area contributed by atoms with Crippen molar-refractivity contribution in [2.24, 2.45) is 0 Å². The molecule has 4 aromatic rings. The summed E-state index contributed by atoms with van der Waals surface area (Å²) < 4.78 is 8.99. The minimum atomic E-state index is -0.291. The van der Waals surface area contributed by atoms with E-state index in [-0.39, 0.29) is 11.9 Å². The molecule has 6 nitrogen and oxygen atoms in total. The van der Waals surface area contributed by atoms with Gasteiger partial charge in [0.1, 0.15) is 0 Å². The number of para-hydroxylation sites is 2. The fourth-order valence-electron chi connectivity index (χ4n) is 2.29. The van der Waals surface area contributed by atoms with Crippen LogP contribution in [0.15, 0.2) is 97.3 Å². The molecule has 4 rings (SSSR count). The average Bonchev–Trinajstić information content (AvgIpc) is 2.85. The number of carbonyl (C=O) groups is 2. The molecule has 30 heavy (non-hydrogen) atoms. The predicted molar refractivity (Wildman–Crippen MR) is 115 cm³/mol. The van der Waals surface area contributed by atoms with Crippen molar-refractivity contribution >= 4 is 23.0 Å². The number of hydrogen-bond donors (Lipinski definition) is 0. The number of nitrogens with zero attached hydrogens (tertiary/aromatic N) is 2. The molecule has 0 saturated heterocycles. The van der Waals surface area contributed by atoms with Crippen LogP contribution in [-0.2, 0) is 9.47 Å². The van der Waals surface area contributed by atoms with Gasteiger partial charge in [0.15, 0.2) is 0 Å². The molecule has 1 aromatic heterocycles. The van der Waals surface area contributed by atoms with Gasteiger partial charge in [-0.15, -0.1) is 0 Å². The van der Waals surface area contributed by atoms with Crippen molar-refractivity contribution in [3.63, 3.8) is 0 Å². The molecule has 0 radical (unpaired) electrons. The molecule has 0 bridgehead atoms. The van der Waals surface area contributed by atoms with Crippen LogP contribution in [0.5, 0.6) is 0 Å². The summed E-state index contributed by atoms with van der Waals surface area (Å²) in [6.07, 6.45) is 3.39. The Hall–Kier alpha value is -4.06. The summed E-state index contributed by atoms with van der Waals surface area (Å²) in [6.45, 7) is 0. The molecule has 0 N–H and O–H groups in total. The van der Waals surface area contributed by atoms with Crippen molar-refractivity contribution in [3.05, 3.63) is 108 Å². The molecule has 1 heterocycles. The molecule has 0 aliphatic carbocycles. The Balaban J connectivity index is 0.000000160. The van der Waals surface area contributed by atoms with Crippen LogP contribution in [0.3, 0.4) is 0 Å². The van der Waals surface area contributed by atoms with Crippen molar-refractivity contribution in [2.75, 3.05) is 14.2 Å². The zero-order valence-corrected chi connectivity index (χ0v) is 16.8. The molecule has 0 aliphatic heterocycles. The van der Waals surface area contributed by atoms with Crippen LogP contribution in [0.25, 0.3) is 11.0 Å². The van der Waals surface area contributed by atoms with E-state index in [1.54, 1.807) is 60.9 Å². The zero-order chi connectivity index (χ0) is 21.6. The number of fused-ring (bicyclic) bond motifs is 1. The molecule has 0 spiro atoms. The van der Waals surface area contributed by atoms with Gasteiger partial charge in [-0.05, 0) is 36.4 Å². The van der Waals surface area contributed by atoms with E-state index in [0.717, 1.165) is 11.0 Å². The van der Waals surface area contributed by atoms with Gasteiger partial charge in [-0.3, -0.25) is 9.97 Å².